The highest BCUT2D eigenvalue weighted by Gasteiger charge is 2.63. The van der Waals surface area contributed by atoms with Gasteiger partial charge in [0.15, 0.2) is 4.08 Å². The Labute approximate surface area is 136 Å². The largest absolute Gasteiger partial charge is 0.480 e. The van der Waals surface area contributed by atoms with E-state index in [1.54, 1.807) is 0 Å². The number of thioether (sulfide) groups is 2. The van der Waals surface area contributed by atoms with Crippen LogP contribution < -0.4 is 11.1 Å². The summed E-state index contributed by atoms with van der Waals surface area (Å²) < 4.78 is -1.16. The van der Waals surface area contributed by atoms with Crippen LogP contribution in [0, 0.1) is 5.92 Å². The van der Waals surface area contributed by atoms with E-state index in [-0.39, 0.29) is 30.3 Å². The first kappa shape index (κ1) is 17.4. The van der Waals surface area contributed by atoms with E-state index in [1.165, 1.54) is 35.3 Å². The number of β-lactam (4-membered cyclic amide) rings is 1. The van der Waals surface area contributed by atoms with Crippen molar-refractivity contribution in [2.24, 2.45) is 11.7 Å². The Morgan fingerprint density at radius 1 is 1.64 bits per heavy atom. The summed E-state index contributed by atoms with van der Waals surface area (Å²) in [6.45, 7) is 1.85. The Bertz CT molecular complexity index is 489. The summed E-state index contributed by atoms with van der Waals surface area (Å²) >= 11 is 2.38. The van der Waals surface area contributed by atoms with E-state index in [9.17, 15) is 24.6 Å². The first-order valence-electron chi connectivity index (χ1n) is 6.83. The quantitative estimate of drug-likeness (QED) is 0.322. The minimum absolute atomic E-state index is 0.106. The third-order valence-corrected chi connectivity index (χ3v) is 6.96. The van der Waals surface area contributed by atoms with Crippen molar-refractivity contribution in [1.82, 2.24) is 10.2 Å². The summed E-state index contributed by atoms with van der Waals surface area (Å²) in [6, 6.07) is 0. The van der Waals surface area contributed by atoms with Gasteiger partial charge in [0, 0.05) is 12.3 Å². The summed E-state index contributed by atoms with van der Waals surface area (Å²) in [5.74, 6) is -1.63. The van der Waals surface area contributed by atoms with Crippen LogP contribution in [0.2, 0.25) is 0 Å². The van der Waals surface area contributed by atoms with Gasteiger partial charge in [-0.05, 0) is 6.92 Å². The van der Waals surface area contributed by atoms with Gasteiger partial charge in [0.05, 0.1) is 30.5 Å². The topological polar surface area (TPSA) is 133 Å². The van der Waals surface area contributed by atoms with Gasteiger partial charge < -0.3 is 26.2 Å². The fraction of sp³-hybridized carbons (Fsp3) is 0.750. The van der Waals surface area contributed by atoms with Gasteiger partial charge in [0.1, 0.15) is 0 Å². The van der Waals surface area contributed by atoms with Crippen LogP contribution in [0.3, 0.4) is 0 Å². The number of amides is 2. The molecular weight excluding hydrogens is 330 g/mol. The van der Waals surface area contributed by atoms with Gasteiger partial charge >= 0.3 is 5.97 Å². The Kier molecular flexibility index (Phi) is 5.25. The molecule has 0 spiro atoms. The molecule has 10 heteroatoms. The van der Waals surface area contributed by atoms with Gasteiger partial charge in [0.25, 0.3) is 0 Å². The molecule has 0 aromatic heterocycles. The van der Waals surface area contributed by atoms with E-state index in [4.69, 9.17) is 5.73 Å². The molecule has 5 N–H and O–H groups in total. The molecule has 2 unspecified atom stereocenters. The first-order valence-corrected chi connectivity index (χ1v) is 8.69. The zero-order valence-electron chi connectivity index (χ0n) is 12.0. The standard InChI is InChI=1S/C12H19N3O5S2/c1-6(16)8-9(18)15-5-12(11(19)20,22-10(8)15)21-3-2-14-7(17)4-13/h6,8,10,16H,2-5,13H2,1H3,(H,14,17)(H,19,20)/t6?,8-,10+,12?/m0/s1. The number of hydrogen-bond acceptors (Lipinski definition) is 7. The first-order chi connectivity index (χ1) is 10.3. The molecule has 2 rings (SSSR count). The second-order valence-corrected chi connectivity index (χ2v) is 8.27. The molecule has 22 heavy (non-hydrogen) atoms. The summed E-state index contributed by atoms with van der Waals surface area (Å²) in [4.78, 5) is 36.1. The van der Waals surface area contributed by atoms with Crippen LogP contribution >= 0.6 is 23.5 Å². The highest BCUT2D eigenvalue weighted by atomic mass is 32.2. The number of hydrogen-bond donors (Lipinski definition) is 4. The van der Waals surface area contributed by atoms with Gasteiger partial charge in [-0.25, -0.2) is 4.79 Å². The molecule has 8 nitrogen and oxygen atoms in total. The molecule has 0 saturated carbocycles. The summed E-state index contributed by atoms with van der Waals surface area (Å²) in [6.07, 6.45) is -0.792. The molecule has 2 heterocycles. The molecule has 124 valence electrons. The Hall–Kier alpha value is -0.970. The normalized spacial score (nSPS) is 31.4. The maximum Gasteiger partial charge on any atom is 0.332 e. The van der Waals surface area contributed by atoms with Gasteiger partial charge in [0.2, 0.25) is 11.8 Å². The summed E-state index contributed by atoms with van der Waals surface area (Å²) in [5, 5.41) is 21.5. The van der Waals surface area contributed by atoms with E-state index in [1.807, 2.05) is 0 Å². The highest BCUT2D eigenvalue weighted by molar-refractivity contribution is 8.19. The van der Waals surface area contributed by atoms with Crippen LogP contribution in [-0.2, 0) is 14.4 Å². The van der Waals surface area contributed by atoms with Crippen LogP contribution in [-0.4, -0.2) is 73.8 Å². The lowest BCUT2D eigenvalue weighted by Gasteiger charge is -2.42. The number of nitrogens with zero attached hydrogens (tertiary/aromatic N) is 1. The van der Waals surface area contributed by atoms with Crippen molar-refractivity contribution in [3.8, 4) is 0 Å². The van der Waals surface area contributed by atoms with Crippen LogP contribution in [0.25, 0.3) is 0 Å². The van der Waals surface area contributed by atoms with E-state index < -0.39 is 22.1 Å². The fourth-order valence-corrected chi connectivity index (χ4v) is 5.70. The third kappa shape index (κ3) is 3.05. The second kappa shape index (κ2) is 6.65. The van der Waals surface area contributed by atoms with Crippen molar-refractivity contribution < 1.29 is 24.6 Å². The molecule has 2 aliphatic heterocycles. The van der Waals surface area contributed by atoms with Crippen molar-refractivity contribution in [2.45, 2.75) is 22.5 Å². The second-order valence-electron chi connectivity index (χ2n) is 5.20. The average Bonchev–Trinajstić information content (AvgIpc) is 2.79. The number of carbonyl (C=O) groups excluding carboxylic acids is 2. The zero-order chi connectivity index (χ0) is 16.5. The predicted octanol–water partition coefficient (Wildman–Crippen LogP) is -1.51. The molecule has 0 bridgehead atoms. The van der Waals surface area contributed by atoms with E-state index >= 15 is 0 Å². The fourth-order valence-electron chi connectivity index (χ4n) is 2.49. The maximum absolute atomic E-state index is 11.9. The molecule has 2 amide bonds. The third-order valence-electron chi connectivity index (χ3n) is 3.66. The number of nitrogens with two attached hydrogens (primary N) is 1. The Morgan fingerprint density at radius 3 is 2.86 bits per heavy atom. The minimum Gasteiger partial charge on any atom is -0.480 e. The molecular formula is C12H19N3O5S2. The number of aliphatic hydroxyl groups is 1. The van der Waals surface area contributed by atoms with Gasteiger partial charge in [-0.15, -0.1) is 23.5 Å². The molecule has 2 aliphatic rings. The SMILES string of the molecule is CC(O)[C@H]1C(=O)N2CC(SCCNC(=O)CN)(C(=O)O)S[C@H]12. The lowest BCUT2D eigenvalue weighted by molar-refractivity contribution is -0.155. The molecule has 0 aromatic rings. The highest BCUT2D eigenvalue weighted by Crippen LogP contribution is 2.55. The van der Waals surface area contributed by atoms with Crippen LogP contribution in [0.1, 0.15) is 6.92 Å². The Balaban J connectivity index is 1.96. The number of carbonyl (C=O) groups is 3. The summed E-state index contributed by atoms with van der Waals surface area (Å²) in [5.41, 5.74) is 5.17. The smallest absolute Gasteiger partial charge is 0.332 e. The van der Waals surface area contributed by atoms with Crippen LogP contribution in [0.5, 0.6) is 0 Å². The average molecular weight is 349 g/mol. The Morgan fingerprint density at radius 2 is 2.32 bits per heavy atom. The van der Waals surface area contributed by atoms with Crippen molar-refractivity contribution in [3.05, 3.63) is 0 Å². The van der Waals surface area contributed by atoms with Gasteiger partial charge in [-0.1, -0.05) is 0 Å². The van der Waals surface area contributed by atoms with E-state index in [0.717, 1.165) is 0 Å². The number of rotatable bonds is 7. The molecule has 0 radical (unpaired) electrons. The molecule has 4 atom stereocenters. The van der Waals surface area contributed by atoms with Crippen molar-refractivity contribution >= 4 is 41.3 Å². The molecule has 0 aliphatic carbocycles. The minimum atomic E-state index is -1.16. The summed E-state index contributed by atoms with van der Waals surface area (Å²) in [7, 11) is 0. The number of aliphatic hydroxyl groups excluding tert-OH is 1. The number of aliphatic carboxylic acids is 1. The predicted molar refractivity (Wildman–Crippen MR) is 83.2 cm³/mol. The van der Waals surface area contributed by atoms with E-state index in [2.05, 4.69) is 5.32 Å². The van der Waals surface area contributed by atoms with E-state index in [0.29, 0.717) is 12.3 Å². The zero-order valence-corrected chi connectivity index (χ0v) is 13.7. The lowest BCUT2D eigenvalue weighted by Crippen LogP contribution is -2.60. The molecule has 0 aromatic carbocycles. The maximum atomic E-state index is 11.9. The van der Waals surface area contributed by atoms with Crippen molar-refractivity contribution in [3.63, 3.8) is 0 Å². The van der Waals surface area contributed by atoms with Crippen molar-refractivity contribution in [2.75, 3.05) is 25.4 Å². The number of fused-ring (bicyclic) bond motifs is 1. The molecule has 2 fully saturated rings. The van der Waals surface area contributed by atoms with Crippen LogP contribution in [0.15, 0.2) is 0 Å². The molecule has 2 saturated heterocycles. The number of carboxylic acids is 1. The monoisotopic (exact) mass is 349 g/mol. The lowest BCUT2D eigenvalue weighted by atomic mass is 9.93. The van der Waals surface area contributed by atoms with Gasteiger partial charge in [-0.2, -0.15) is 0 Å². The van der Waals surface area contributed by atoms with Crippen LogP contribution in [0.4, 0.5) is 0 Å². The van der Waals surface area contributed by atoms with Crippen molar-refractivity contribution in [1.29, 1.82) is 0 Å². The number of nitrogens with one attached hydrogen (secondary N) is 1. The van der Waals surface area contributed by atoms with Gasteiger partial charge in [-0.3, -0.25) is 9.59 Å². The number of carboxylic acid groups (broad SMARTS) is 1.